The van der Waals surface area contributed by atoms with E-state index in [2.05, 4.69) is 14.9 Å². The van der Waals surface area contributed by atoms with Gasteiger partial charge in [-0.05, 0) is 5.56 Å². The zero-order valence-electron chi connectivity index (χ0n) is 13.1. The van der Waals surface area contributed by atoms with Crippen LogP contribution in [-0.2, 0) is 27.5 Å². The molecule has 24 heavy (non-hydrogen) atoms. The van der Waals surface area contributed by atoms with Gasteiger partial charge in [-0.1, -0.05) is 30.3 Å². The van der Waals surface area contributed by atoms with E-state index in [1.807, 2.05) is 36.5 Å². The summed E-state index contributed by atoms with van der Waals surface area (Å²) in [6, 6.07) is 9.99. The maximum Gasteiger partial charge on any atom is 0.303 e. The maximum atomic E-state index is 11.6. The van der Waals surface area contributed by atoms with Gasteiger partial charge < -0.3 is 19.7 Å². The van der Waals surface area contributed by atoms with Crippen molar-refractivity contribution in [3.8, 4) is 11.3 Å². The Morgan fingerprint density at radius 1 is 1.29 bits per heavy atom. The molecule has 0 aliphatic carbocycles. The second-order valence-corrected chi connectivity index (χ2v) is 5.67. The predicted octanol–water partition coefficient (Wildman–Crippen LogP) is 1.43. The van der Waals surface area contributed by atoms with Gasteiger partial charge in [-0.3, -0.25) is 9.59 Å². The van der Waals surface area contributed by atoms with Crippen molar-refractivity contribution in [2.45, 2.75) is 32.1 Å². The molecule has 1 amide bonds. The van der Waals surface area contributed by atoms with Crippen molar-refractivity contribution in [2.75, 3.05) is 6.54 Å². The molecule has 3 rings (SSSR count). The molecular formula is C17H19N3O4. The van der Waals surface area contributed by atoms with Crippen LogP contribution in [0.2, 0.25) is 0 Å². The highest BCUT2D eigenvalue weighted by Gasteiger charge is 2.23. The average molecular weight is 329 g/mol. The molecule has 1 aliphatic rings. The standard InChI is InChI=1S/C17H19N3O4/c21-16(6-7-17(22)23)19-8-13-10-20-14(9-18-15(20)11-24-13)12-4-2-1-3-5-12/h1-5,9,13H,6-8,10-11H2,(H,19,21)(H,22,23). The largest absolute Gasteiger partial charge is 0.481 e. The fraction of sp³-hybridized carbons (Fsp3) is 0.353. The van der Waals surface area contributed by atoms with Crippen LogP contribution in [0.25, 0.3) is 11.3 Å². The van der Waals surface area contributed by atoms with Crippen molar-refractivity contribution >= 4 is 11.9 Å². The lowest BCUT2D eigenvalue weighted by Crippen LogP contribution is -2.39. The minimum atomic E-state index is -0.977. The van der Waals surface area contributed by atoms with Gasteiger partial charge >= 0.3 is 5.97 Å². The molecule has 7 nitrogen and oxygen atoms in total. The smallest absolute Gasteiger partial charge is 0.303 e. The number of imidazole rings is 1. The molecule has 0 saturated carbocycles. The van der Waals surface area contributed by atoms with Crippen molar-refractivity contribution in [3.05, 3.63) is 42.4 Å². The molecule has 1 aromatic carbocycles. The first-order valence-corrected chi connectivity index (χ1v) is 7.83. The zero-order chi connectivity index (χ0) is 16.9. The summed E-state index contributed by atoms with van der Waals surface area (Å²) < 4.78 is 7.82. The number of benzene rings is 1. The number of carboxylic acids is 1. The number of hydrogen-bond acceptors (Lipinski definition) is 4. The first-order chi connectivity index (χ1) is 11.6. The number of carbonyl (C=O) groups is 2. The highest BCUT2D eigenvalue weighted by Crippen LogP contribution is 2.24. The van der Waals surface area contributed by atoms with Gasteiger partial charge in [0.25, 0.3) is 0 Å². The summed E-state index contributed by atoms with van der Waals surface area (Å²) in [5.41, 5.74) is 2.11. The topological polar surface area (TPSA) is 93.4 Å². The summed E-state index contributed by atoms with van der Waals surface area (Å²) in [4.78, 5) is 26.5. The molecule has 1 unspecified atom stereocenters. The fourth-order valence-electron chi connectivity index (χ4n) is 2.68. The van der Waals surface area contributed by atoms with Gasteiger partial charge in [-0.15, -0.1) is 0 Å². The van der Waals surface area contributed by atoms with Gasteiger partial charge in [-0.2, -0.15) is 0 Å². The fourth-order valence-corrected chi connectivity index (χ4v) is 2.68. The van der Waals surface area contributed by atoms with E-state index in [1.165, 1.54) is 0 Å². The Kier molecular flexibility index (Phi) is 4.90. The number of aromatic nitrogens is 2. The molecule has 2 N–H and O–H groups in total. The lowest BCUT2D eigenvalue weighted by Gasteiger charge is -2.26. The van der Waals surface area contributed by atoms with E-state index >= 15 is 0 Å². The number of carboxylic acid groups (broad SMARTS) is 1. The lowest BCUT2D eigenvalue weighted by atomic mass is 10.1. The molecule has 126 valence electrons. The van der Waals surface area contributed by atoms with Crippen LogP contribution in [0.3, 0.4) is 0 Å². The van der Waals surface area contributed by atoms with E-state index in [9.17, 15) is 9.59 Å². The molecule has 1 aromatic heterocycles. The Balaban J connectivity index is 1.61. The Bertz CT molecular complexity index is 727. The number of carbonyl (C=O) groups excluding carboxylic acids is 1. The quantitative estimate of drug-likeness (QED) is 0.836. The first-order valence-electron chi connectivity index (χ1n) is 7.83. The number of aliphatic carboxylic acids is 1. The van der Waals surface area contributed by atoms with E-state index in [4.69, 9.17) is 9.84 Å². The summed E-state index contributed by atoms with van der Waals surface area (Å²) >= 11 is 0. The third kappa shape index (κ3) is 3.80. The predicted molar refractivity (Wildman–Crippen MR) is 86.1 cm³/mol. The summed E-state index contributed by atoms with van der Waals surface area (Å²) in [6.07, 6.45) is 1.49. The first kappa shape index (κ1) is 16.2. The number of fused-ring (bicyclic) bond motifs is 1. The Hall–Kier alpha value is -2.67. The number of nitrogens with one attached hydrogen (secondary N) is 1. The van der Waals surface area contributed by atoms with Gasteiger partial charge in [0.15, 0.2) is 0 Å². The van der Waals surface area contributed by atoms with Crippen LogP contribution in [0, 0.1) is 0 Å². The number of hydrogen-bond donors (Lipinski definition) is 2. The van der Waals surface area contributed by atoms with Crippen LogP contribution in [0.1, 0.15) is 18.7 Å². The summed E-state index contributed by atoms with van der Waals surface area (Å²) in [5, 5.41) is 11.3. The average Bonchev–Trinajstić information content (AvgIpc) is 3.02. The van der Waals surface area contributed by atoms with Gasteiger partial charge in [0.05, 0.1) is 31.0 Å². The third-order valence-corrected chi connectivity index (χ3v) is 3.93. The number of nitrogens with zero attached hydrogens (tertiary/aromatic N) is 2. The summed E-state index contributed by atoms with van der Waals surface area (Å²) in [7, 11) is 0. The second kappa shape index (κ2) is 7.27. The van der Waals surface area contributed by atoms with E-state index in [-0.39, 0.29) is 24.9 Å². The maximum absolute atomic E-state index is 11.6. The SMILES string of the molecule is O=C(O)CCC(=O)NCC1Cn2c(-c3ccccc3)cnc2CO1. The molecule has 2 heterocycles. The molecule has 1 aliphatic heterocycles. The Labute approximate surface area is 139 Å². The van der Waals surface area contributed by atoms with Crippen LogP contribution in [-0.4, -0.2) is 39.2 Å². The van der Waals surface area contributed by atoms with Gasteiger partial charge in [-0.25, -0.2) is 4.98 Å². The molecule has 0 fully saturated rings. The monoisotopic (exact) mass is 329 g/mol. The van der Waals surface area contributed by atoms with Gasteiger partial charge in [0.1, 0.15) is 12.4 Å². The van der Waals surface area contributed by atoms with Crippen molar-refractivity contribution in [3.63, 3.8) is 0 Å². The number of rotatable bonds is 6. The van der Waals surface area contributed by atoms with Crippen LogP contribution in [0.4, 0.5) is 0 Å². The van der Waals surface area contributed by atoms with Crippen LogP contribution < -0.4 is 5.32 Å². The normalized spacial score (nSPS) is 16.4. The van der Waals surface area contributed by atoms with Gasteiger partial charge in [0.2, 0.25) is 5.91 Å². The van der Waals surface area contributed by atoms with Crippen molar-refractivity contribution in [2.24, 2.45) is 0 Å². The van der Waals surface area contributed by atoms with Crippen molar-refractivity contribution < 1.29 is 19.4 Å². The van der Waals surface area contributed by atoms with E-state index in [1.54, 1.807) is 0 Å². The highest BCUT2D eigenvalue weighted by atomic mass is 16.5. The molecular weight excluding hydrogens is 310 g/mol. The molecule has 7 heteroatoms. The van der Waals surface area contributed by atoms with Crippen molar-refractivity contribution in [1.82, 2.24) is 14.9 Å². The number of amides is 1. The molecule has 0 saturated heterocycles. The van der Waals surface area contributed by atoms with Crippen LogP contribution >= 0.6 is 0 Å². The third-order valence-electron chi connectivity index (χ3n) is 3.93. The number of ether oxygens (including phenoxy) is 1. The molecule has 0 radical (unpaired) electrons. The van der Waals surface area contributed by atoms with E-state index in [0.717, 1.165) is 17.1 Å². The van der Waals surface area contributed by atoms with E-state index in [0.29, 0.717) is 19.7 Å². The minimum absolute atomic E-state index is 0.0202. The lowest BCUT2D eigenvalue weighted by molar-refractivity contribution is -0.138. The van der Waals surface area contributed by atoms with E-state index < -0.39 is 5.97 Å². The zero-order valence-corrected chi connectivity index (χ0v) is 13.1. The molecule has 2 aromatic rings. The second-order valence-electron chi connectivity index (χ2n) is 5.67. The molecule has 0 bridgehead atoms. The summed E-state index contributed by atoms with van der Waals surface area (Å²) in [5.74, 6) is -0.391. The van der Waals surface area contributed by atoms with Crippen LogP contribution in [0.5, 0.6) is 0 Å². The minimum Gasteiger partial charge on any atom is -0.481 e. The van der Waals surface area contributed by atoms with Gasteiger partial charge in [0, 0.05) is 13.0 Å². The Morgan fingerprint density at radius 2 is 2.08 bits per heavy atom. The molecule has 0 spiro atoms. The van der Waals surface area contributed by atoms with Crippen molar-refractivity contribution in [1.29, 1.82) is 0 Å². The highest BCUT2D eigenvalue weighted by molar-refractivity contribution is 5.80. The molecule has 1 atom stereocenters. The summed E-state index contributed by atoms with van der Waals surface area (Å²) in [6.45, 7) is 1.34. The Morgan fingerprint density at radius 3 is 2.83 bits per heavy atom. The van der Waals surface area contributed by atoms with Crippen LogP contribution in [0.15, 0.2) is 36.5 Å².